The van der Waals surface area contributed by atoms with Gasteiger partial charge in [-0.3, -0.25) is 10.1 Å². The van der Waals surface area contributed by atoms with Gasteiger partial charge < -0.3 is 5.11 Å². The maximum absolute atomic E-state index is 11.1. The molecule has 2 atom stereocenters. The van der Waals surface area contributed by atoms with Crippen molar-refractivity contribution in [1.29, 1.82) is 0 Å². The van der Waals surface area contributed by atoms with E-state index in [-0.39, 0.29) is 6.04 Å². The Morgan fingerprint density at radius 1 is 1.65 bits per heavy atom. The molecule has 2 N–H and O–H groups in total. The first-order chi connectivity index (χ1) is 8.04. The van der Waals surface area contributed by atoms with Crippen LogP contribution in [0.4, 0.5) is 0 Å². The average molecular weight is 256 g/mol. The van der Waals surface area contributed by atoms with Crippen LogP contribution < -0.4 is 5.32 Å². The molecule has 0 radical (unpaired) electrons. The molecule has 0 fully saturated rings. The molecule has 96 valence electrons. The number of carbonyl (C=O) groups is 1. The Balaban J connectivity index is 2.57. The van der Waals surface area contributed by atoms with Crippen molar-refractivity contribution in [1.82, 2.24) is 10.3 Å². The Morgan fingerprint density at radius 3 is 2.82 bits per heavy atom. The molecule has 0 bridgehead atoms. The molecule has 0 aliphatic heterocycles. The van der Waals surface area contributed by atoms with Crippen LogP contribution in [0.2, 0.25) is 0 Å². The molecule has 5 heteroatoms. The number of aryl methyl sites for hydroxylation is 1. The van der Waals surface area contributed by atoms with Crippen LogP contribution >= 0.6 is 11.3 Å². The lowest BCUT2D eigenvalue weighted by Gasteiger charge is -2.18. The molecule has 0 aliphatic carbocycles. The predicted molar refractivity (Wildman–Crippen MR) is 69.4 cm³/mol. The summed E-state index contributed by atoms with van der Waals surface area (Å²) >= 11 is 1.57. The van der Waals surface area contributed by atoms with Gasteiger partial charge >= 0.3 is 5.97 Å². The first-order valence-corrected chi connectivity index (χ1v) is 6.83. The van der Waals surface area contributed by atoms with Crippen LogP contribution in [-0.2, 0) is 4.79 Å². The number of unbranched alkanes of at least 4 members (excludes halogenated alkanes) is 1. The summed E-state index contributed by atoms with van der Waals surface area (Å²) < 4.78 is 0. The number of carboxylic acid groups (broad SMARTS) is 1. The number of carboxylic acids is 1. The van der Waals surface area contributed by atoms with Crippen LogP contribution in [0.3, 0.4) is 0 Å². The van der Waals surface area contributed by atoms with Crippen molar-refractivity contribution >= 4 is 17.3 Å². The summed E-state index contributed by atoms with van der Waals surface area (Å²) in [5, 5.41) is 15.2. The Hall–Kier alpha value is -0.940. The third kappa shape index (κ3) is 4.44. The second-order valence-corrected chi connectivity index (χ2v) is 5.14. The van der Waals surface area contributed by atoms with E-state index in [1.807, 2.05) is 19.2 Å². The van der Waals surface area contributed by atoms with E-state index in [1.165, 1.54) is 0 Å². The summed E-state index contributed by atoms with van der Waals surface area (Å²) in [4.78, 5) is 15.5. The molecule has 1 aromatic rings. The van der Waals surface area contributed by atoms with Crippen LogP contribution in [0, 0.1) is 6.92 Å². The SMILES string of the molecule is CCCCC(NC(C)c1nc(C)cs1)C(=O)O. The maximum Gasteiger partial charge on any atom is 0.320 e. The summed E-state index contributed by atoms with van der Waals surface area (Å²) in [5.41, 5.74) is 0.985. The molecule has 1 rings (SSSR count). The van der Waals surface area contributed by atoms with Gasteiger partial charge in [-0.25, -0.2) is 4.98 Å². The quantitative estimate of drug-likeness (QED) is 0.787. The fourth-order valence-corrected chi connectivity index (χ4v) is 2.44. The zero-order chi connectivity index (χ0) is 12.8. The highest BCUT2D eigenvalue weighted by Crippen LogP contribution is 2.18. The van der Waals surface area contributed by atoms with Crippen molar-refractivity contribution in [2.75, 3.05) is 0 Å². The Morgan fingerprint density at radius 2 is 2.35 bits per heavy atom. The Labute approximate surface area is 106 Å². The highest BCUT2D eigenvalue weighted by Gasteiger charge is 2.20. The van der Waals surface area contributed by atoms with Crippen molar-refractivity contribution in [3.63, 3.8) is 0 Å². The monoisotopic (exact) mass is 256 g/mol. The molecule has 0 aromatic carbocycles. The molecule has 0 aliphatic rings. The van der Waals surface area contributed by atoms with Gasteiger partial charge in [-0.15, -0.1) is 11.3 Å². The average Bonchev–Trinajstić information content (AvgIpc) is 2.70. The molecule has 2 unspecified atom stereocenters. The third-order valence-electron chi connectivity index (χ3n) is 2.60. The number of hydrogen-bond donors (Lipinski definition) is 2. The minimum atomic E-state index is -0.779. The van der Waals surface area contributed by atoms with Gasteiger partial charge in [0.25, 0.3) is 0 Å². The summed E-state index contributed by atoms with van der Waals surface area (Å²) in [5.74, 6) is -0.779. The summed E-state index contributed by atoms with van der Waals surface area (Å²) in [7, 11) is 0. The first-order valence-electron chi connectivity index (χ1n) is 5.95. The third-order valence-corrected chi connectivity index (χ3v) is 3.75. The van der Waals surface area contributed by atoms with Gasteiger partial charge in [-0.1, -0.05) is 19.8 Å². The largest absolute Gasteiger partial charge is 0.480 e. The van der Waals surface area contributed by atoms with Gasteiger partial charge in [-0.05, 0) is 20.3 Å². The molecule has 0 spiro atoms. The van der Waals surface area contributed by atoms with Crippen LogP contribution in [0.15, 0.2) is 5.38 Å². The van der Waals surface area contributed by atoms with Crippen molar-refractivity contribution < 1.29 is 9.90 Å². The predicted octanol–water partition coefficient (Wildman–Crippen LogP) is 2.75. The van der Waals surface area contributed by atoms with E-state index in [4.69, 9.17) is 5.11 Å². The maximum atomic E-state index is 11.1. The molecular weight excluding hydrogens is 236 g/mol. The molecule has 0 saturated heterocycles. The van der Waals surface area contributed by atoms with Gasteiger partial charge in [0.1, 0.15) is 11.0 Å². The van der Waals surface area contributed by atoms with Crippen molar-refractivity contribution in [3.05, 3.63) is 16.1 Å². The van der Waals surface area contributed by atoms with Crippen LogP contribution in [0.5, 0.6) is 0 Å². The molecular formula is C12H20N2O2S. The second kappa shape index (κ2) is 6.71. The number of aliphatic carboxylic acids is 1. The fraction of sp³-hybridized carbons (Fsp3) is 0.667. The van der Waals surface area contributed by atoms with Crippen LogP contribution in [0.1, 0.15) is 49.9 Å². The zero-order valence-corrected chi connectivity index (χ0v) is 11.4. The Bertz CT molecular complexity index is 365. The fourth-order valence-electron chi connectivity index (χ4n) is 1.63. The van der Waals surface area contributed by atoms with Crippen molar-refractivity contribution in [2.24, 2.45) is 0 Å². The lowest BCUT2D eigenvalue weighted by molar-refractivity contribution is -0.139. The molecule has 0 amide bonds. The summed E-state index contributed by atoms with van der Waals surface area (Å²) in [6.45, 7) is 5.96. The topological polar surface area (TPSA) is 62.2 Å². The number of nitrogens with one attached hydrogen (secondary N) is 1. The van der Waals surface area contributed by atoms with Gasteiger partial charge in [0.2, 0.25) is 0 Å². The number of hydrogen-bond acceptors (Lipinski definition) is 4. The van der Waals surface area contributed by atoms with E-state index in [0.29, 0.717) is 6.42 Å². The zero-order valence-electron chi connectivity index (χ0n) is 10.6. The molecule has 1 aromatic heterocycles. The number of aromatic nitrogens is 1. The normalized spacial score (nSPS) is 14.5. The molecule has 0 saturated carbocycles. The summed E-state index contributed by atoms with van der Waals surface area (Å²) in [6, 6.07) is -0.485. The van der Waals surface area contributed by atoms with Gasteiger partial charge in [-0.2, -0.15) is 0 Å². The summed E-state index contributed by atoms with van der Waals surface area (Å²) in [6.07, 6.45) is 2.60. The van der Waals surface area contributed by atoms with Crippen LogP contribution in [-0.4, -0.2) is 22.1 Å². The smallest absolute Gasteiger partial charge is 0.320 e. The molecule has 1 heterocycles. The standard InChI is InChI=1S/C12H20N2O2S/c1-4-5-6-10(12(15)16)14-9(3)11-13-8(2)7-17-11/h7,9-10,14H,4-6H2,1-3H3,(H,15,16). The second-order valence-electron chi connectivity index (χ2n) is 4.25. The minimum Gasteiger partial charge on any atom is -0.480 e. The van der Waals surface area contributed by atoms with E-state index in [9.17, 15) is 4.79 Å². The van der Waals surface area contributed by atoms with Gasteiger partial charge in [0, 0.05) is 11.1 Å². The van der Waals surface area contributed by atoms with E-state index in [2.05, 4.69) is 17.2 Å². The van der Waals surface area contributed by atoms with Gasteiger partial charge in [0.15, 0.2) is 0 Å². The lowest BCUT2D eigenvalue weighted by atomic mass is 10.1. The Kier molecular flexibility index (Phi) is 5.58. The first kappa shape index (κ1) is 14.1. The van der Waals surface area contributed by atoms with Gasteiger partial charge in [0.05, 0.1) is 6.04 Å². The van der Waals surface area contributed by atoms with E-state index in [1.54, 1.807) is 11.3 Å². The number of rotatable bonds is 7. The molecule has 17 heavy (non-hydrogen) atoms. The molecule has 4 nitrogen and oxygen atoms in total. The lowest BCUT2D eigenvalue weighted by Crippen LogP contribution is -2.38. The van der Waals surface area contributed by atoms with Crippen molar-refractivity contribution in [2.45, 2.75) is 52.1 Å². The van der Waals surface area contributed by atoms with E-state index >= 15 is 0 Å². The highest BCUT2D eigenvalue weighted by atomic mass is 32.1. The number of thiazole rings is 1. The number of nitrogens with zero attached hydrogens (tertiary/aromatic N) is 1. The van der Waals surface area contributed by atoms with Crippen LogP contribution in [0.25, 0.3) is 0 Å². The highest BCUT2D eigenvalue weighted by molar-refractivity contribution is 7.09. The van der Waals surface area contributed by atoms with E-state index < -0.39 is 12.0 Å². The minimum absolute atomic E-state index is 0.00773. The van der Waals surface area contributed by atoms with E-state index in [0.717, 1.165) is 23.5 Å². The van der Waals surface area contributed by atoms with Crippen molar-refractivity contribution in [3.8, 4) is 0 Å².